The van der Waals surface area contributed by atoms with E-state index in [-0.39, 0.29) is 6.10 Å². The molecule has 0 fully saturated rings. The minimum absolute atomic E-state index is 0.158. The summed E-state index contributed by atoms with van der Waals surface area (Å²) in [6.07, 6.45) is 1.29. The van der Waals surface area contributed by atoms with Crippen LogP contribution in [0.5, 0.6) is 0 Å². The fourth-order valence-electron chi connectivity index (χ4n) is 2.24. The molecule has 0 spiro atoms. The molecule has 0 bridgehead atoms. The lowest BCUT2D eigenvalue weighted by molar-refractivity contribution is 0.0654. The van der Waals surface area contributed by atoms with Gasteiger partial charge in [0, 0.05) is 33.3 Å². The first kappa shape index (κ1) is 11.6. The fraction of sp³-hybridized carbons (Fsp3) is 0.538. The highest BCUT2D eigenvalue weighted by Gasteiger charge is 2.18. The van der Waals surface area contributed by atoms with Gasteiger partial charge in [0.2, 0.25) is 0 Å². The molecule has 1 aliphatic rings. The number of nitrogens with zero attached hydrogens (tertiary/aromatic N) is 1. The molecule has 0 saturated carbocycles. The third-order valence-electron chi connectivity index (χ3n) is 3.27. The van der Waals surface area contributed by atoms with E-state index >= 15 is 0 Å². The largest absolute Gasteiger partial charge is 0.379 e. The van der Waals surface area contributed by atoms with Crippen LogP contribution in [0.4, 0.5) is 0 Å². The molecule has 88 valence electrons. The second-order valence-corrected chi connectivity index (χ2v) is 4.35. The molecule has 2 rings (SSSR count). The zero-order chi connectivity index (χ0) is 11.4. The van der Waals surface area contributed by atoms with Gasteiger partial charge < -0.3 is 10.5 Å². The van der Waals surface area contributed by atoms with Crippen LogP contribution in [-0.2, 0) is 17.7 Å². The van der Waals surface area contributed by atoms with Gasteiger partial charge in [0.15, 0.2) is 0 Å². The van der Waals surface area contributed by atoms with E-state index in [9.17, 15) is 0 Å². The Bertz CT molecular complexity index is 336. The number of hydrogen-bond donors (Lipinski definition) is 1. The molecule has 0 radical (unpaired) electrons. The van der Waals surface area contributed by atoms with E-state index in [1.165, 1.54) is 11.1 Å². The van der Waals surface area contributed by atoms with Gasteiger partial charge in [-0.1, -0.05) is 24.3 Å². The average molecular weight is 220 g/mol. The maximum Gasteiger partial charge on any atom is 0.0820 e. The molecule has 1 heterocycles. The second kappa shape index (κ2) is 5.43. The van der Waals surface area contributed by atoms with Crippen molar-refractivity contribution < 1.29 is 4.74 Å². The number of rotatable bonds is 4. The van der Waals surface area contributed by atoms with Crippen LogP contribution in [0.3, 0.4) is 0 Å². The van der Waals surface area contributed by atoms with Gasteiger partial charge in [-0.15, -0.1) is 0 Å². The molecule has 3 heteroatoms. The number of ether oxygens (including phenoxy) is 1. The summed E-state index contributed by atoms with van der Waals surface area (Å²) in [4.78, 5) is 2.42. The number of methoxy groups -OCH3 is 1. The molecule has 1 aliphatic heterocycles. The van der Waals surface area contributed by atoms with Crippen molar-refractivity contribution >= 4 is 0 Å². The molecule has 1 aromatic rings. The van der Waals surface area contributed by atoms with E-state index in [4.69, 9.17) is 10.5 Å². The van der Waals surface area contributed by atoms with Crippen LogP contribution in [-0.4, -0.2) is 37.7 Å². The van der Waals surface area contributed by atoms with E-state index in [1.807, 2.05) is 0 Å². The molecule has 0 amide bonds. The lowest BCUT2D eigenvalue weighted by Gasteiger charge is -2.31. The number of hydrogen-bond acceptors (Lipinski definition) is 3. The van der Waals surface area contributed by atoms with E-state index in [1.54, 1.807) is 7.11 Å². The lowest BCUT2D eigenvalue weighted by atomic mass is 10.00. The van der Waals surface area contributed by atoms with Crippen molar-refractivity contribution in [3.63, 3.8) is 0 Å². The van der Waals surface area contributed by atoms with Gasteiger partial charge in [-0.3, -0.25) is 4.90 Å². The maximum atomic E-state index is 5.64. The van der Waals surface area contributed by atoms with E-state index < -0.39 is 0 Å². The van der Waals surface area contributed by atoms with Crippen LogP contribution < -0.4 is 5.73 Å². The smallest absolute Gasteiger partial charge is 0.0820 e. The summed E-state index contributed by atoms with van der Waals surface area (Å²) < 4.78 is 5.32. The topological polar surface area (TPSA) is 38.5 Å². The minimum atomic E-state index is 0.158. The zero-order valence-electron chi connectivity index (χ0n) is 9.86. The summed E-state index contributed by atoms with van der Waals surface area (Å²) in [6.45, 7) is 3.66. The SMILES string of the molecule is CO[C@@H](CN)CN1CCc2ccccc2C1. The highest BCUT2D eigenvalue weighted by Crippen LogP contribution is 2.18. The molecule has 0 aliphatic carbocycles. The quantitative estimate of drug-likeness (QED) is 0.823. The molecular weight excluding hydrogens is 200 g/mol. The van der Waals surface area contributed by atoms with Crippen molar-refractivity contribution in [2.45, 2.75) is 19.1 Å². The highest BCUT2D eigenvalue weighted by atomic mass is 16.5. The van der Waals surface area contributed by atoms with Crippen LogP contribution in [0, 0.1) is 0 Å². The predicted octanol–water partition coefficient (Wildman–Crippen LogP) is 1.02. The monoisotopic (exact) mass is 220 g/mol. The van der Waals surface area contributed by atoms with Gasteiger partial charge in [0.05, 0.1) is 6.10 Å². The Morgan fingerprint density at radius 1 is 1.38 bits per heavy atom. The number of benzene rings is 1. The van der Waals surface area contributed by atoms with Crippen molar-refractivity contribution in [3.8, 4) is 0 Å². The molecular formula is C13H20N2O. The van der Waals surface area contributed by atoms with Crippen LogP contribution >= 0.6 is 0 Å². The Labute approximate surface area is 97.2 Å². The minimum Gasteiger partial charge on any atom is -0.379 e. The maximum absolute atomic E-state index is 5.64. The van der Waals surface area contributed by atoms with Crippen molar-refractivity contribution in [2.75, 3.05) is 26.7 Å². The normalized spacial score (nSPS) is 18.1. The molecule has 3 nitrogen and oxygen atoms in total. The second-order valence-electron chi connectivity index (χ2n) is 4.35. The van der Waals surface area contributed by atoms with Crippen molar-refractivity contribution in [1.82, 2.24) is 4.90 Å². The number of fused-ring (bicyclic) bond motifs is 1. The van der Waals surface area contributed by atoms with Crippen molar-refractivity contribution in [2.24, 2.45) is 5.73 Å². The molecule has 0 saturated heterocycles. The van der Waals surface area contributed by atoms with Gasteiger partial charge >= 0.3 is 0 Å². The third-order valence-corrected chi connectivity index (χ3v) is 3.27. The summed E-state index contributed by atoms with van der Waals surface area (Å²) in [5.41, 5.74) is 8.57. The van der Waals surface area contributed by atoms with Crippen LogP contribution in [0.1, 0.15) is 11.1 Å². The van der Waals surface area contributed by atoms with E-state index in [0.29, 0.717) is 6.54 Å². The fourth-order valence-corrected chi connectivity index (χ4v) is 2.24. The molecule has 2 N–H and O–H groups in total. The summed E-state index contributed by atoms with van der Waals surface area (Å²) in [6, 6.07) is 8.67. The van der Waals surface area contributed by atoms with Crippen molar-refractivity contribution in [3.05, 3.63) is 35.4 Å². The Hall–Kier alpha value is -0.900. The van der Waals surface area contributed by atoms with Gasteiger partial charge in [-0.25, -0.2) is 0 Å². The standard InChI is InChI=1S/C13H20N2O/c1-16-13(8-14)10-15-7-6-11-4-2-3-5-12(11)9-15/h2-5,13H,6-10,14H2,1H3/t13-/m0/s1. The molecule has 0 aromatic heterocycles. The predicted molar refractivity (Wildman–Crippen MR) is 65.3 cm³/mol. The lowest BCUT2D eigenvalue weighted by Crippen LogP contribution is -2.40. The highest BCUT2D eigenvalue weighted by molar-refractivity contribution is 5.29. The summed E-state index contributed by atoms with van der Waals surface area (Å²) in [7, 11) is 1.73. The van der Waals surface area contributed by atoms with Crippen molar-refractivity contribution in [1.29, 1.82) is 0 Å². The third kappa shape index (κ3) is 2.61. The summed E-state index contributed by atoms with van der Waals surface area (Å²) in [5, 5.41) is 0. The van der Waals surface area contributed by atoms with Crippen LogP contribution in [0.2, 0.25) is 0 Å². The first-order valence-electron chi connectivity index (χ1n) is 5.85. The Morgan fingerprint density at radius 2 is 2.12 bits per heavy atom. The summed E-state index contributed by atoms with van der Waals surface area (Å²) in [5.74, 6) is 0. The molecule has 1 aromatic carbocycles. The van der Waals surface area contributed by atoms with Crippen LogP contribution in [0.15, 0.2) is 24.3 Å². The Kier molecular flexibility index (Phi) is 3.93. The zero-order valence-corrected chi connectivity index (χ0v) is 9.86. The molecule has 0 unspecified atom stereocenters. The summed E-state index contributed by atoms with van der Waals surface area (Å²) >= 11 is 0. The van der Waals surface area contributed by atoms with Crippen LogP contribution in [0.25, 0.3) is 0 Å². The van der Waals surface area contributed by atoms with Gasteiger partial charge in [-0.05, 0) is 17.5 Å². The van der Waals surface area contributed by atoms with Gasteiger partial charge in [-0.2, -0.15) is 0 Å². The number of nitrogens with two attached hydrogens (primary N) is 1. The average Bonchev–Trinajstić information content (AvgIpc) is 2.35. The van der Waals surface area contributed by atoms with E-state index in [0.717, 1.165) is 26.1 Å². The van der Waals surface area contributed by atoms with E-state index in [2.05, 4.69) is 29.2 Å². The first-order valence-corrected chi connectivity index (χ1v) is 5.85. The molecule has 16 heavy (non-hydrogen) atoms. The Balaban J connectivity index is 1.97. The van der Waals surface area contributed by atoms with Gasteiger partial charge in [0.1, 0.15) is 0 Å². The Morgan fingerprint density at radius 3 is 2.81 bits per heavy atom. The first-order chi connectivity index (χ1) is 7.83. The van der Waals surface area contributed by atoms with Gasteiger partial charge in [0.25, 0.3) is 0 Å². The molecule has 1 atom stereocenters.